The average Bonchev–Trinajstić information content (AvgIpc) is 2.96. The van der Waals surface area contributed by atoms with Crippen molar-refractivity contribution < 1.29 is 31.2 Å². The number of urea groups is 1. The van der Waals surface area contributed by atoms with Crippen LogP contribution >= 0.6 is 0 Å². The van der Waals surface area contributed by atoms with Gasteiger partial charge in [0.15, 0.2) is 0 Å². The third-order valence-electron chi connectivity index (χ3n) is 5.27. The number of hydrogen-bond donors (Lipinski definition) is 0. The van der Waals surface area contributed by atoms with E-state index in [2.05, 4.69) is 4.98 Å². The number of fused-ring (bicyclic) bond motifs is 1. The molecule has 0 unspecified atom stereocenters. The van der Waals surface area contributed by atoms with Crippen LogP contribution in [0.2, 0.25) is 0 Å². The van der Waals surface area contributed by atoms with Gasteiger partial charge in [0.2, 0.25) is 0 Å². The first kappa shape index (κ1) is 21.8. The van der Waals surface area contributed by atoms with E-state index in [9.17, 15) is 31.2 Å². The van der Waals surface area contributed by atoms with Crippen molar-refractivity contribution in [3.05, 3.63) is 66.4 Å². The molecule has 4 rings (SSSR count). The molecule has 0 saturated carbocycles. The number of alkyl halides is 3. The number of hydrogen-bond acceptors (Lipinski definition) is 5. The molecule has 3 amide bonds. The van der Waals surface area contributed by atoms with Crippen molar-refractivity contribution >= 4 is 38.4 Å². The van der Waals surface area contributed by atoms with Crippen LogP contribution in [0.4, 0.5) is 23.7 Å². The molecule has 2 aromatic carbocycles. The van der Waals surface area contributed by atoms with Crippen molar-refractivity contribution in [1.82, 2.24) is 9.88 Å². The largest absolute Gasteiger partial charge is 0.501 e. The van der Waals surface area contributed by atoms with Crippen LogP contribution in [-0.4, -0.2) is 41.8 Å². The van der Waals surface area contributed by atoms with Crippen molar-refractivity contribution in [3.63, 3.8) is 0 Å². The Kier molecular flexibility index (Phi) is 5.16. The van der Waals surface area contributed by atoms with E-state index >= 15 is 0 Å². The number of carbonyl (C=O) groups excluding carboxylic acids is 2. The summed E-state index contributed by atoms with van der Waals surface area (Å²) in [4.78, 5) is 31.3. The van der Waals surface area contributed by atoms with E-state index < -0.39 is 38.2 Å². The van der Waals surface area contributed by atoms with E-state index in [-0.39, 0.29) is 12.2 Å². The summed E-state index contributed by atoms with van der Waals surface area (Å²) in [6.07, 6.45) is 1.60. The topological polar surface area (TPSA) is 87.7 Å². The van der Waals surface area contributed by atoms with Crippen molar-refractivity contribution in [2.75, 3.05) is 4.90 Å². The number of para-hydroxylation sites is 1. The second kappa shape index (κ2) is 7.59. The van der Waals surface area contributed by atoms with Crippen LogP contribution in [0.3, 0.4) is 0 Å². The molecule has 0 radical (unpaired) electrons. The van der Waals surface area contributed by atoms with E-state index in [1.807, 2.05) is 24.3 Å². The molecule has 1 atom stereocenters. The van der Waals surface area contributed by atoms with E-state index in [1.54, 1.807) is 19.2 Å². The van der Waals surface area contributed by atoms with E-state index in [0.29, 0.717) is 0 Å². The molecular formula is C21H16F3N3O4S. The van der Waals surface area contributed by atoms with Crippen molar-refractivity contribution in [1.29, 1.82) is 0 Å². The first-order valence-electron chi connectivity index (χ1n) is 9.41. The zero-order chi connectivity index (χ0) is 23.3. The van der Waals surface area contributed by atoms with Gasteiger partial charge in [-0.3, -0.25) is 9.78 Å². The summed E-state index contributed by atoms with van der Waals surface area (Å²) in [5.74, 6) is -0.570. The molecule has 1 saturated heterocycles. The Bertz CT molecular complexity index is 1320. The highest BCUT2D eigenvalue weighted by atomic mass is 32.2. The normalized spacial score (nSPS) is 17.4. The van der Waals surface area contributed by atoms with E-state index in [0.717, 1.165) is 45.6 Å². The summed E-state index contributed by atoms with van der Waals surface area (Å²) in [5.41, 5.74) is -3.96. The monoisotopic (exact) mass is 463 g/mol. The van der Waals surface area contributed by atoms with Crippen LogP contribution in [0.1, 0.15) is 12.5 Å². The highest BCUT2D eigenvalue weighted by molar-refractivity contribution is 7.92. The van der Waals surface area contributed by atoms with Crippen molar-refractivity contribution in [2.45, 2.75) is 29.9 Å². The highest BCUT2D eigenvalue weighted by Crippen LogP contribution is 2.33. The molecule has 7 nitrogen and oxygen atoms in total. The fourth-order valence-corrected chi connectivity index (χ4v) is 4.30. The number of imide groups is 1. The minimum atomic E-state index is -5.53. The summed E-state index contributed by atoms with van der Waals surface area (Å²) < 4.78 is 61.3. The van der Waals surface area contributed by atoms with Gasteiger partial charge in [-0.2, -0.15) is 13.2 Å². The number of pyridine rings is 1. The van der Waals surface area contributed by atoms with Crippen molar-refractivity contribution in [3.8, 4) is 0 Å². The summed E-state index contributed by atoms with van der Waals surface area (Å²) in [7, 11) is -5.53. The SMILES string of the molecule is C[C@H]1C(=O)N(c2ccc(S(=O)(=O)C(F)(F)F)cc2)C(=O)N1Cc1ccnc2ccccc12. The van der Waals surface area contributed by atoms with Crippen LogP contribution in [0.25, 0.3) is 10.9 Å². The number of halogens is 3. The number of benzene rings is 2. The summed E-state index contributed by atoms with van der Waals surface area (Å²) in [6.45, 7) is 1.66. The Morgan fingerprint density at radius 1 is 1.00 bits per heavy atom. The first-order chi connectivity index (χ1) is 15.0. The smallest absolute Gasteiger partial charge is 0.308 e. The van der Waals surface area contributed by atoms with Gasteiger partial charge in [-0.15, -0.1) is 0 Å². The molecule has 0 spiro atoms. The standard InChI is InChI=1S/C21H16F3N3O4S/c1-13-19(28)27(15-6-8-16(9-7-15)32(30,31)21(22,23)24)20(29)26(13)12-14-10-11-25-18-5-3-2-4-17(14)18/h2-11,13H,12H2,1H3/t13-/m0/s1. The molecule has 0 aliphatic carbocycles. The Morgan fingerprint density at radius 3 is 2.31 bits per heavy atom. The molecule has 2 heterocycles. The Hall–Kier alpha value is -3.47. The maximum Gasteiger partial charge on any atom is 0.501 e. The third kappa shape index (κ3) is 3.48. The van der Waals surface area contributed by atoms with Crippen LogP contribution in [0.15, 0.2) is 65.7 Å². The Balaban J connectivity index is 1.63. The highest BCUT2D eigenvalue weighted by Gasteiger charge is 2.47. The second-order valence-electron chi connectivity index (χ2n) is 7.19. The number of nitrogens with zero attached hydrogens (tertiary/aromatic N) is 3. The predicted molar refractivity (Wildman–Crippen MR) is 109 cm³/mol. The number of anilines is 1. The van der Waals surface area contributed by atoms with Crippen LogP contribution in [0, 0.1) is 0 Å². The molecule has 0 N–H and O–H groups in total. The summed E-state index contributed by atoms with van der Waals surface area (Å²) in [6, 6.07) is 11.1. The Morgan fingerprint density at radius 2 is 1.66 bits per heavy atom. The molecule has 32 heavy (non-hydrogen) atoms. The first-order valence-corrected chi connectivity index (χ1v) is 10.9. The van der Waals surface area contributed by atoms with Gasteiger partial charge in [-0.05, 0) is 48.9 Å². The minimum Gasteiger partial charge on any atom is -0.308 e. The van der Waals surface area contributed by atoms with Gasteiger partial charge < -0.3 is 4.90 Å². The van der Waals surface area contributed by atoms with Crippen LogP contribution in [0.5, 0.6) is 0 Å². The molecule has 166 valence electrons. The quantitative estimate of drug-likeness (QED) is 0.548. The maximum atomic E-state index is 13.0. The fraction of sp³-hybridized carbons (Fsp3) is 0.190. The molecule has 0 bridgehead atoms. The lowest BCUT2D eigenvalue weighted by molar-refractivity contribution is -0.119. The molecule has 11 heteroatoms. The number of rotatable bonds is 4. The lowest BCUT2D eigenvalue weighted by Gasteiger charge is -2.20. The number of amides is 3. The van der Waals surface area contributed by atoms with Gasteiger partial charge in [0.1, 0.15) is 6.04 Å². The van der Waals surface area contributed by atoms with Crippen molar-refractivity contribution in [2.24, 2.45) is 0 Å². The minimum absolute atomic E-state index is 0.0185. The zero-order valence-corrected chi connectivity index (χ0v) is 17.4. The lowest BCUT2D eigenvalue weighted by atomic mass is 10.1. The van der Waals surface area contributed by atoms with E-state index in [1.165, 1.54) is 4.90 Å². The van der Waals surface area contributed by atoms with Gasteiger partial charge in [-0.25, -0.2) is 18.1 Å². The second-order valence-corrected chi connectivity index (χ2v) is 9.13. The lowest BCUT2D eigenvalue weighted by Crippen LogP contribution is -2.33. The molecule has 1 fully saturated rings. The van der Waals surface area contributed by atoms with E-state index in [4.69, 9.17) is 0 Å². The van der Waals surface area contributed by atoms with Crippen LogP contribution in [-0.2, 0) is 21.2 Å². The molecule has 1 aliphatic heterocycles. The van der Waals surface area contributed by atoms with Gasteiger partial charge in [-0.1, -0.05) is 18.2 Å². The number of aromatic nitrogens is 1. The molecular weight excluding hydrogens is 447 g/mol. The molecule has 1 aliphatic rings. The van der Waals surface area contributed by atoms with Gasteiger partial charge >= 0.3 is 11.5 Å². The van der Waals surface area contributed by atoms with Crippen LogP contribution < -0.4 is 4.90 Å². The fourth-order valence-electron chi connectivity index (χ4n) is 3.54. The number of sulfone groups is 1. The summed E-state index contributed by atoms with van der Waals surface area (Å²) >= 11 is 0. The summed E-state index contributed by atoms with van der Waals surface area (Å²) in [5, 5.41) is 0.822. The third-order valence-corrected chi connectivity index (χ3v) is 6.77. The van der Waals surface area contributed by atoms with Gasteiger partial charge in [0, 0.05) is 18.1 Å². The van der Waals surface area contributed by atoms with Gasteiger partial charge in [0.05, 0.1) is 16.1 Å². The zero-order valence-electron chi connectivity index (χ0n) is 16.6. The average molecular weight is 463 g/mol. The predicted octanol–water partition coefficient (Wildman–Crippen LogP) is 3.89. The molecule has 3 aromatic rings. The number of carbonyl (C=O) groups is 2. The van der Waals surface area contributed by atoms with Gasteiger partial charge in [0.25, 0.3) is 15.7 Å². The molecule has 1 aromatic heterocycles. The Labute approximate surface area is 181 Å². The maximum absolute atomic E-state index is 13.0.